The molecule has 1 aliphatic heterocycles. The molecule has 0 aliphatic carbocycles. The third-order valence-electron chi connectivity index (χ3n) is 3.95. The van der Waals surface area contributed by atoms with Crippen LogP contribution in [-0.2, 0) is 10.0 Å². The number of carbonyl (C=O) groups is 1. The van der Waals surface area contributed by atoms with Crippen molar-refractivity contribution in [2.24, 2.45) is 0 Å². The van der Waals surface area contributed by atoms with Crippen molar-refractivity contribution in [1.29, 1.82) is 0 Å². The van der Waals surface area contributed by atoms with Crippen LogP contribution >= 0.6 is 11.3 Å². The molecule has 2 heterocycles. The van der Waals surface area contributed by atoms with Crippen molar-refractivity contribution in [3.05, 3.63) is 16.3 Å². The number of unbranched alkanes of at least 4 members (excludes halogenated alkanes) is 1. The van der Waals surface area contributed by atoms with E-state index < -0.39 is 10.0 Å². The van der Waals surface area contributed by atoms with Gasteiger partial charge in [0.05, 0.1) is 0 Å². The predicted molar refractivity (Wildman–Crippen MR) is 88.8 cm³/mol. The van der Waals surface area contributed by atoms with E-state index in [-0.39, 0.29) is 10.8 Å². The maximum atomic E-state index is 12.8. The molecular formula is C15H24N2O3S2. The second kappa shape index (κ2) is 7.57. The van der Waals surface area contributed by atoms with Crippen LogP contribution < -0.4 is 0 Å². The Kier molecular flexibility index (Phi) is 6.00. The van der Waals surface area contributed by atoms with Crippen molar-refractivity contribution in [3.8, 4) is 0 Å². The van der Waals surface area contributed by atoms with Crippen LogP contribution in [0.5, 0.6) is 0 Å². The van der Waals surface area contributed by atoms with Crippen molar-refractivity contribution < 1.29 is 13.2 Å². The first-order valence-electron chi connectivity index (χ1n) is 7.81. The molecule has 0 bridgehead atoms. The van der Waals surface area contributed by atoms with E-state index in [9.17, 15) is 13.2 Å². The zero-order valence-corrected chi connectivity index (χ0v) is 14.9. The van der Waals surface area contributed by atoms with Crippen molar-refractivity contribution in [3.63, 3.8) is 0 Å². The van der Waals surface area contributed by atoms with Gasteiger partial charge in [0.1, 0.15) is 9.77 Å². The van der Waals surface area contributed by atoms with Crippen molar-refractivity contribution >= 4 is 27.3 Å². The smallest absolute Gasteiger partial charge is 0.265 e. The van der Waals surface area contributed by atoms with E-state index in [1.165, 1.54) is 15.6 Å². The van der Waals surface area contributed by atoms with Crippen molar-refractivity contribution in [2.45, 2.75) is 43.9 Å². The molecule has 0 atom stereocenters. The summed E-state index contributed by atoms with van der Waals surface area (Å²) in [4.78, 5) is 14.6. The molecule has 5 nitrogen and oxygen atoms in total. The summed E-state index contributed by atoms with van der Waals surface area (Å²) in [5, 5.41) is 1.69. The number of carbonyl (C=O) groups excluding carboxylic acids is 1. The second-order valence-electron chi connectivity index (χ2n) is 5.66. The predicted octanol–water partition coefficient (Wildman–Crippen LogP) is 2.79. The number of amides is 1. The molecule has 1 amide bonds. The number of sulfonamides is 1. The van der Waals surface area contributed by atoms with E-state index >= 15 is 0 Å². The van der Waals surface area contributed by atoms with Crippen LogP contribution in [0.2, 0.25) is 0 Å². The number of rotatable bonds is 6. The molecular weight excluding hydrogens is 320 g/mol. The molecule has 0 radical (unpaired) electrons. The summed E-state index contributed by atoms with van der Waals surface area (Å²) in [6.07, 6.45) is 4.77. The van der Waals surface area contributed by atoms with E-state index in [1.807, 2.05) is 0 Å². The van der Waals surface area contributed by atoms with E-state index in [2.05, 4.69) is 6.92 Å². The van der Waals surface area contributed by atoms with Crippen molar-refractivity contribution in [2.75, 3.05) is 26.7 Å². The van der Waals surface area contributed by atoms with Gasteiger partial charge in [-0.25, -0.2) is 8.42 Å². The highest BCUT2D eigenvalue weighted by Gasteiger charge is 2.31. The summed E-state index contributed by atoms with van der Waals surface area (Å²) < 4.78 is 27.1. The minimum atomic E-state index is -3.55. The largest absolute Gasteiger partial charge is 0.341 e. The van der Waals surface area contributed by atoms with E-state index in [1.54, 1.807) is 23.4 Å². The highest BCUT2D eigenvalue weighted by molar-refractivity contribution is 7.89. The molecule has 0 N–H and O–H groups in total. The number of piperidine rings is 1. The molecule has 22 heavy (non-hydrogen) atoms. The Morgan fingerprint density at radius 3 is 2.64 bits per heavy atom. The summed E-state index contributed by atoms with van der Waals surface area (Å²) in [5.74, 6) is -0.195. The first-order valence-corrected chi connectivity index (χ1v) is 10.1. The summed E-state index contributed by atoms with van der Waals surface area (Å²) in [7, 11) is -1.82. The SMILES string of the molecule is CCCCN(C)C(=O)c1sccc1S(=O)(=O)N1CCCCC1. The Balaban J connectivity index is 2.23. The van der Waals surface area contributed by atoms with Gasteiger partial charge >= 0.3 is 0 Å². The van der Waals surface area contributed by atoms with Gasteiger partial charge < -0.3 is 4.90 Å². The first-order chi connectivity index (χ1) is 10.5. The Morgan fingerprint density at radius 2 is 2.00 bits per heavy atom. The fourth-order valence-corrected chi connectivity index (χ4v) is 5.48. The zero-order chi connectivity index (χ0) is 16.2. The molecule has 1 fully saturated rings. The average Bonchev–Trinajstić information content (AvgIpc) is 3.03. The second-order valence-corrected chi connectivity index (χ2v) is 8.48. The maximum Gasteiger partial charge on any atom is 0.265 e. The van der Waals surface area contributed by atoms with Crippen LogP contribution in [0, 0.1) is 0 Å². The van der Waals surface area contributed by atoms with Gasteiger partial charge in [-0.3, -0.25) is 4.79 Å². The summed E-state index contributed by atoms with van der Waals surface area (Å²) >= 11 is 1.21. The normalized spacial score (nSPS) is 16.6. The molecule has 0 unspecified atom stereocenters. The number of hydrogen-bond donors (Lipinski definition) is 0. The molecule has 2 rings (SSSR count). The molecule has 7 heteroatoms. The molecule has 1 aromatic heterocycles. The van der Waals surface area contributed by atoms with E-state index in [0.29, 0.717) is 24.5 Å². The highest BCUT2D eigenvalue weighted by Crippen LogP contribution is 2.28. The summed E-state index contributed by atoms with van der Waals surface area (Å²) in [5.41, 5.74) is 0. The highest BCUT2D eigenvalue weighted by atomic mass is 32.2. The van der Waals surface area contributed by atoms with Crippen LogP contribution in [-0.4, -0.2) is 50.2 Å². The quantitative estimate of drug-likeness (QED) is 0.797. The van der Waals surface area contributed by atoms with Gasteiger partial charge in [-0.05, 0) is 30.7 Å². The van der Waals surface area contributed by atoms with Gasteiger partial charge in [-0.1, -0.05) is 19.8 Å². The molecule has 0 saturated carbocycles. The minimum absolute atomic E-state index is 0.174. The lowest BCUT2D eigenvalue weighted by atomic mass is 10.2. The lowest BCUT2D eigenvalue weighted by Gasteiger charge is -2.26. The fourth-order valence-electron chi connectivity index (χ4n) is 2.57. The van der Waals surface area contributed by atoms with Gasteiger partial charge in [0, 0.05) is 26.7 Å². The van der Waals surface area contributed by atoms with Crippen molar-refractivity contribution in [1.82, 2.24) is 9.21 Å². The van der Waals surface area contributed by atoms with Crippen LogP contribution in [0.25, 0.3) is 0 Å². The molecule has 0 spiro atoms. The van der Waals surface area contributed by atoms with E-state index in [4.69, 9.17) is 0 Å². The average molecular weight is 345 g/mol. The molecule has 0 aromatic carbocycles. The van der Waals surface area contributed by atoms with Gasteiger partial charge in [-0.15, -0.1) is 11.3 Å². The standard InChI is InChI=1S/C15H24N2O3S2/c1-3-4-9-16(2)15(18)14-13(8-12-21-14)22(19,20)17-10-6-5-7-11-17/h8,12H,3-7,9-11H2,1-2H3. The lowest BCUT2D eigenvalue weighted by Crippen LogP contribution is -2.36. The minimum Gasteiger partial charge on any atom is -0.341 e. The lowest BCUT2D eigenvalue weighted by molar-refractivity contribution is 0.0794. The van der Waals surface area contributed by atoms with Crippen LogP contribution in [0.3, 0.4) is 0 Å². The Labute approximate surface area is 137 Å². The number of hydrogen-bond acceptors (Lipinski definition) is 4. The molecule has 1 aromatic rings. The molecule has 124 valence electrons. The van der Waals surface area contributed by atoms with Gasteiger partial charge in [0.2, 0.25) is 10.0 Å². The monoisotopic (exact) mass is 344 g/mol. The molecule has 1 saturated heterocycles. The van der Waals surface area contributed by atoms with Crippen LogP contribution in [0.4, 0.5) is 0 Å². The maximum absolute atomic E-state index is 12.8. The summed E-state index contributed by atoms with van der Waals surface area (Å²) in [6.45, 7) is 3.82. The van der Waals surface area contributed by atoms with Crippen LogP contribution in [0.1, 0.15) is 48.7 Å². The third-order valence-corrected chi connectivity index (χ3v) is 6.92. The Bertz CT molecular complexity index is 604. The third kappa shape index (κ3) is 3.70. The Morgan fingerprint density at radius 1 is 1.32 bits per heavy atom. The zero-order valence-electron chi connectivity index (χ0n) is 13.2. The number of nitrogens with zero attached hydrogens (tertiary/aromatic N) is 2. The van der Waals surface area contributed by atoms with Gasteiger partial charge in [0.15, 0.2) is 0 Å². The van der Waals surface area contributed by atoms with Gasteiger partial charge in [-0.2, -0.15) is 4.31 Å². The van der Waals surface area contributed by atoms with Crippen LogP contribution in [0.15, 0.2) is 16.3 Å². The summed E-state index contributed by atoms with van der Waals surface area (Å²) in [6, 6.07) is 1.56. The Hall–Kier alpha value is -0.920. The van der Waals surface area contributed by atoms with Gasteiger partial charge in [0.25, 0.3) is 5.91 Å². The topological polar surface area (TPSA) is 57.7 Å². The van der Waals surface area contributed by atoms with E-state index in [0.717, 1.165) is 32.1 Å². The fraction of sp³-hybridized carbons (Fsp3) is 0.667. The number of thiophene rings is 1. The first kappa shape index (κ1) is 17.4. The molecule has 1 aliphatic rings.